The summed E-state index contributed by atoms with van der Waals surface area (Å²) < 4.78 is 0. The highest BCUT2D eigenvalue weighted by atomic mass is 35.5. The molecule has 1 N–H and O–H groups in total. The molecule has 0 saturated heterocycles. The van der Waals surface area contributed by atoms with Crippen LogP contribution in [-0.2, 0) is 6.42 Å². The fourth-order valence-corrected chi connectivity index (χ4v) is 3.35. The van der Waals surface area contributed by atoms with Crippen LogP contribution in [0.25, 0.3) is 0 Å². The molecule has 2 aliphatic carbocycles. The SMILES string of the molecule is CC1(C2=CCCC=C2)Cc2cc(O)cc(Cl)c2C1=O. The number of aromatic hydroxyl groups is 1. The molecular weight excluding hydrogens is 260 g/mol. The number of phenolic OH excluding ortho intramolecular Hbond substituents is 1. The predicted octanol–water partition coefficient (Wildman–Crippen LogP) is 4.07. The Morgan fingerprint density at radius 3 is 2.79 bits per heavy atom. The minimum Gasteiger partial charge on any atom is -0.508 e. The van der Waals surface area contributed by atoms with Gasteiger partial charge in [-0.3, -0.25) is 4.79 Å². The van der Waals surface area contributed by atoms with Gasteiger partial charge >= 0.3 is 0 Å². The van der Waals surface area contributed by atoms with Gasteiger partial charge in [0.2, 0.25) is 0 Å². The van der Waals surface area contributed by atoms with Gasteiger partial charge in [-0.2, -0.15) is 0 Å². The summed E-state index contributed by atoms with van der Waals surface area (Å²) in [6.45, 7) is 1.96. The summed E-state index contributed by atoms with van der Waals surface area (Å²) in [5.74, 6) is 0.180. The second kappa shape index (κ2) is 4.24. The van der Waals surface area contributed by atoms with E-state index in [2.05, 4.69) is 12.2 Å². The van der Waals surface area contributed by atoms with Gasteiger partial charge in [0.25, 0.3) is 0 Å². The van der Waals surface area contributed by atoms with Crippen LogP contribution < -0.4 is 0 Å². The molecule has 1 aromatic carbocycles. The normalized spacial score (nSPS) is 25.4. The number of fused-ring (bicyclic) bond motifs is 1. The second-order valence-corrected chi connectivity index (χ2v) is 5.85. The Kier molecular flexibility index (Phi) is 2.79. The molecule has 1 unspecified atom stereocenters. The first-order valence-electron chi connectivity index (χ1n) is 6.46. The molecule has 19 heavy (non-hydrogen) atoms. The van der Waals surface area contributed by atoms with Gasteiger partial charge in [0.05, 0.1) is 10.4 Å². The van der Waals surface area contributed by atoms with Gasteiger partial charge in [-0.05, 0) is 49.5 Å². The highest BCUT2D eigenvalue weighted by molar-refractivity contribution is 6.35. The van der Waals surface area contributed by atoms with Crippen molar-refractivity contribution in [2.75, 3.05) is 0 Å². The number of ketones is 1. The molecule has 0 amide bonds. The Balaban J connectivity index is 2.10. The third-order valence-electron chi connectivity index (χ3n) is 4.06. The van der Waals surface area contributed by atoms with Gasteiger partial charge < -0.3 is 5.11 Å². The highest BCUT2D eigenvalue weighted by Gasteiger charge is 2.44. The first-order valence-corrected chi connectivity index (χ1v) is 6.83. The van der Waals surface area contributed by atoms with E-state index in [1.165, 1.54) is 6.07 Å². The van der Waals surface area contributed by atoms with E-state index in [0.717, 1.165) is 24.0 Å². The number of rotatable bonds is 1. The molecule has 0 heterocycles. The standard InChI is InChI=1S/C16H15ClO2/c1-16(11-5-3-2-4-6-11)9-10-7-12(18)8-13(17)14(10)15(16)19/h3,5-8,18H,2,4,9H2,1H3. The van der Waals surface area contributed by atoms with Crippen molar-refractivity contribution in [1.29, 1.82) is 0 Å². The lowest BCUT2D eigenvalue weighted by Crippen LogP contribution is -2.26. The second-order valence-electron chi connectivity index (χ2n) is 5.44. The van der Waals surface area contributed by atoms with E-state index < -0.39 is 5.41 Å². The lowest BCUT2D eigenvalue weighted by Gasteiger charge is -2.25. The van der Waals surface area contributed by atoms with Gasteiger partial charge in [-0.15, -0.1) is 0 Å². The summed E-state index contributed by atoms with van der Waals surface area (Å²) in [4.78, 5) is 12.7. The zero-order valence-corrected chi connectivity index (χ0v) is 11.5. The molecule has 98 valence electrons. The molecule has 2 nitrogen and oxygen atoms in total. The van der Waals surface area contributed by atoms with Crippen LogP contribution in [0.4, 0.5) is 0 Å². The number of hydrogen-bond donors (Lipinski definition) is 1. The molecule has 0 spiro atoms. The van der Waals surface area contributed by atoms with Gasteiger partial charge in [0, 0.05) is 5.56 Å². The Labute approximate surface area is 117 Å². The van der Waals surface area contributed by atoms with Crippen molar-refractivity contribution < 1.29 is 9.90 Å². The zero-order valence-electron chi connectivity index (χ0n) is 10.7. The van der Waals surface area contributed by atoms with Crippen molar-refractivity contribution in [2.45, 2.75) is 26.2 Å². The average Bonchev–Trinajstić information content (AvgIpc) is 2.63. The van der Waals surface area contributed by atoms with Crippen LogP contribution in [0.2, 0.25) is 5.02 Å². The molecule has 1 atom stereocenters. The lowest BCUT2D eigenvalue weighted by atomic mass is 9.76. The van der Waals surface area contributed by atoms with E-state index in [1.54, 1.807) is 6.07 Å². The largest absolute Gasteiger partial charge is 0.508 e. The van der Waals surface area contributed by atoms with Crippen molar-refractivity contribution in [3.63, 3.8) is 0 Å². The molecule has 0 aromatic heterocycles. The van der Waals surface area contributed by atoms with E-state index >= 15 is 0 Å². The Bertz CT molecular complexity index is 628. The monoisotopic (exact) mass is 274 g/mol. The predicted molar refractivity (Wildman–Crippen MR) is 75.7 cm³/mol. The molecule has 0 aliphatic heterocycles. The fourth-order valence-electron chi connectivity index (χ4n) is 3.03. The van der Waals surface area contributed by atoms with E-state index in [0.29, 0.717) is 17.0 Å². The number of hydrogen-bond acceptors (Lipinski definition) is 2. The van der Waals surface area contributed by atoms with Crippen LogP contribution in [0.3, 0.4) is 0 Å². The Morgan fingerprint density at radius 1 is 1.32 bits per heavy atom. The summed E-state index contributed by atoms with van der Waals surface area (Å²) >= 11 is 6.12. The number of benzene rings is 1. The lowest BCUT2D eigenvalue weighted by molar-refractivity contribution is 0.0884. The fraction of sp³-hybridized carbons (Fsp3) is 0.312. The van der Waals surface area contributed by atoms with E-state index in [-0.39, 0.29) is 11.5 Å². The van der Waals surface area contributed by atoms with E-state index in [1.807, 2.05) is 13.0 Å². The maximum absolute atomic E-state index is 12.7. The molecule has 2 aliphatic rings. The summed E-state index contributed by atoms with van der Waals surface area (Å²) in [6, 6.07) is 3.09. The summed E-state index contributed by atoms with van der Waals surface area (Å²) in [5.41, 5.74) is 1.94. The van der Waals surface area contributed by atoms with Crippen LogP contribution in [0.5, 0.6) is 5.75 Å². The topological polar surface area (TPSA) is 37.3 Å². The molecule has 1 aromatic rings. The minimum atomic E-state index is -0.545. The molecule has 0 bridgehead atoms. The maximum Gasteiger partial charge on any atom is 0.175 e. The van der Waals surface area contributed by atoms with Crippen LogP contribution in [0.15, 0.2) is 35.9 Å². The van der Waals surface area contributed by atoms with Gasteiger partial charge in [0.1, 0.15) is 5.75 Å². The summed E-state index contributed by atoms with van der Waals surface area (Å²) in [7, 11) is 0. The number of phenols is 1. The van der Waals surface area contributed by atoms with E-state index in [9.17, 15) is 9.90 Å². The number of allylic oxidation sites excluding steroid dienone is 4. The maximum atomic E-state index is 12.7. The van der Waals surface area contributed by atoms with Crippen molar-refractivity contribution >= 4 is 17.4 Å². The smallest absolute Gasteiger partial charge is 0.175 e. The summed E-state index contributed by atoms with van der Waals surface area (Å²) in [5, 5.41) is 9.97. The van der Waals surface area contributed by atoms with Crippen LogP contribution >= 0.6 is 11.6 Å². The number of carbonyl (C=O) groups is 1. The van der Waals surface area contributed by atoms with Crippen molar-refractivity contribution in [3.8, 4) is 5.75 Å². The third kappa shape index (κ3) is 1.82. The molecule has 0 radical (unpaired) electrons. The van der Waals surface area contributed by atoms with Crippen molar-refractivity contribution in [1.82, 2.24) is 0 Å². The first kappa shape index (κ1) is 12.5. The quantitative estimate of drug-likeness (QED) is 0.838. The number of carbonyl (C=O) groups excluding carboxylic acids is 1. The molecule has 3 heteroatoms. The van der Waals surface area contributed by atoms with Gasteiger partial charge in [-0.1, -0.05) is 29.8 Å². The number of halogens is 1. The minimum absolute atomic E-state index is 0.0605. The zero-order chi connectivity index (χ0) is 13.6. The molecular formula is C16H15ClO2. The van der Waals surface area contributed by atoms with Crippen molar-refractivity contribution in [3.05, 3.63) is 52.1 Å². The molecule has 3 rings (SSSR count). The average molecular weight is 275 g/mol. The third-order valence-corrected chi connectivity index (χ3v) is 4.36. The van der Waals surface area contributed by atoms with Crippen LogP contribution in [-0.4, -0.2) is 10.9 Å². The van der Waals surface area contributed by atoms with Crippen LogP contribution in [0, 0.1) is 5.41 Å². The summed E-state index contributed by atoms with van der Waals surface area (Å²) in [6.07, 6.45) is 8.90. The van der Waals surface area contributed by atoms with Crippen LogP contribution in [0.1, 0.15) is 35.7 Å². The highest BCUT2D eigenvalue weighted by Crippen LogP contribution is 2.46. The van der Waals surface area contributed by atoms with Gasteiger partial charge in [0.15, 0.2) is 5.78 Å². The molecule has 0 saturated carbocycles. The van der Waals surface area contributed by atoms with Crippen molar-refractivity contribution in [2.24, 2.45) is 5.41 Å². The number of Topliss-reactive ketones (excluding diaryl/α,β-unsaturated/α-hetero) is 1. The van der Waals surface area contributed by atoms with E-state index in [4.69, 9.17) is 11.6 Å². The Morgan fingerprint density at radius 2 is 2.11 bits per heavy atom. The van der Waals surface area contributed by atoms with Gasteiger partial charge in [-0.25, -0.2) is 0 Å². The Hall–Kier alpha value is -1.54. The molecule has 0 fully saturated rings. The first-order chi connectivity index (χ1) is 9.02.